The van der Waals surface area contributed by atoms with Crippen LogP contribution in [0, 0.1) is 0 Å². The van der Waals surface area contributed by atoms with Crippen molar-refractivity contribution in [2.24, 2.45) is 0 Å². The third kappa shape index (κ3) is 2.59. The van der Waals surface area contributed by atoms with Crippen LogP contribution >= 0.6 is 11.6 Å². The van der Waals surface area contributed by atoms with E-state index in [1.807, 2.05) is 0 Å². The van der Waals surface area contributed by atoms with Gasteiger partial charge in [0, 0.05) is 12.1 Å². The number of halogens is 1. The van der Waals surface area contributed by atoms with Crippen LogP contribution < -0.4 is 9.47 Å². The fraction of sp³-hybridized carbons (Fsp3) is 0.467. The molecule has 3 rings (SSSR count). The van der Waals surface area contributed by atoms with E-state index in [-0.39, 0.29) is 18.7 Å². The Morgan fingerprint density at radius 3 is 2.91 bits per heavy atom. The number of hydrogen-bond donors (Lipinski definition) is 0. The first-order chi connectivity index (χ1) is 10.6. The molecule has 1 aromatic carbocycles. The monoisotopic (exact) mass is 325 g/mol. The molecule has 1 atom stereocenters. The molecule has 0 radical (unpaired) electrons. The Morgan fingerprint density at radius 2 is 2.14 bits per heavy atom. The van der Waals surface area contributed by atoms with Crippen molar-refractivity contribution < 1.29 is 23.8 Å². The van der Waals surface area contributed by atoms with Crippen molar-refractivity contribution in [1.82, 2.24) is 4.90 Å². The highest BCUT2D eigenvalue weighted by Crippen LogP contribution is 2.40. The summed E-state index contributed by atoms with van der Waals surface area (Å²) in [4.78, 5) is 26.2. The zero-order valence-corrected chi connectivity index (χ0v) is 12.9. The first kappa shape index (κ1) is 15.0. The van der Waals surface area contributed by atoms with E-state index < -0.39 is 6.04 Å². The van der Waals surface area contributed by atoms with Gasteiger partial charge in [-0.15, -0.1) is 0 Å². The number of methoxy groups -OCH3 is 1. The summed E-state index contributed by atoms with van der Waals surface area (Å²) in [5, 5.41) is 0.324. The zero-order chi connectivity index (χ0) is 15.7. The molecule has 22 heavy (non-hydrogen) atoms. The standard InChI is InChI=1S/C15H16ClNO5/c1-20-15(19)11-4-2-3-5-17(11)14(18)9-6-10(16)13-12(7-9)21-8-22-13/h6-7,11H,2-5,8H2,1H3/t11-/m1/s1. The number of rotatable bonds is 2. The molecule has 2 aliphatic rings. The lowest BCUT2D eigenvalue weighted by Crippen LogP contribution is -2.48. The molecule has 0 bridgehead atoms. The number of likely N-dealkylation sites (tertiary alicyclic amines) is 1. The van der Waals surface area contributed by atoms with Crippen molar-refractivity contribution in [1.29, 1.82) is 0 Å². The van der Waals surface area contributed by atoms with Crippen molar-refractivity contribution >= 4 is 23.5 Å². The van der Waals surface area contributed by atoms with E-state index in [1.54, 1.807) is 17.0 Å². The molecule has 0 aromatic heterocycles. The maximum atomic E-state index is 12.7. The second kappa shape index (κ2) is 6.04. The van der Waals surface area contributed by atoms with Gasteiger partial charge in [0.15, 0.2) is 11.5 Å². The number of ether oxygens (including phenoxy) is 3. The number of esters is 1. The number of fused-ring (bicyclic) bond motifs is 1. The quantitative estimate of drug-likeness (QED) is 0.780. The maximum Gasteiger partial charge on any atom is 0.328 e. The Kier molecular flexibility index (Phi) is 4.11. The van der Waals surface area contributed by atoms with Crippen LogP contribution in [0.5, 0.6) is 11.5 Å². The highest BCUT2D eigenvalue weighted by Gasteiger charge is 2.34. The Labute approximate surface area is 132 Å². The van der Waals surface area contributed by atoms with Gasteiger partial charge in [-0.1, -0.05) is 11.6 Å². The molecule has 0 aliphatic carbocycles. The van der Waals surface area contributed by atoms with Gasteiger partial charge in [-0.3, -0.25) is 4.79 Å². The summed E-state index contributed by atoms with van der Waals surface area (Å²) in [6.07, 6.45) is 2.36. The molecule has 7 heteroatoms. The molecule has 2 aliphatic heterocycles. The predicted octanol–water partition coefficient (Wildman–Crippen LogP) is 2.24. The minimum atomic E-state index is -0.546. The minimum absolute atomic E-state index is 0.0845. The summed E-state index contributed by atoms with van der Waals surface area (Å²) in [6.45, 7) is 0.603. The maximum absolute atomic E-state index is 12.7. The summed E-state index contributed by atoms with van der Waals surface area (Å²) < 4.78 is 15.3. The number of benzene rings is 1. The number of hydrogen-bond acceptors (Lipinski definition) is 5. The van der Waals surface area contributed by atoms with E-state index in [0.29, 0.717) is 35.1 Å². The molecule has 118 valence electrons. The minimum Gasteiger partial charge on any atom is -0.467 e. The first-order valence-corrected chi connectivity index (χ1v) is 7.47. The number of nitrogens with zero attached hydrogens (tertiary/aromatic N) is 1. The molecule has 1 fully saturated rings. The van der Waals surface area contributed by atoms with Crippen molar-refractivity contribution in [2.75, 3.05) is 20.4 Å². The zero-order valence-electron chi connectivity index (χ0n) is 12.1. The lowest BCUT2D eigenvalue weighted by Gasteiger charge is -2.33. The largest absolute Gasteiger partial charge is 0.467 e. The summed E-state index contributed by atoms with van der Waals surface area (Å²) in [5.41, 5.74) is 0.380. The Morgan fingerprint density at radius 1 is 1.32 bits per heavy atom. The highest BCUT2D eigenvalue weighted by molar-refractivity contribution is 6.32. The molecular weight excluding hydrogens is 310 g/mol. The van der Waals surface area contributed by atoms with E-state index in [0.717, 1.165) is 12.8 Å². The number of piperidine rings is 1. The van der Waals surface area contributed by atoms with E-state index in [9.17, 15) is 9.59 Å². The number of carbonyl (C=O) groups is 2. The third-order valence-corrected chi connectivity index (χ3v) is 4.19. The molecule has 0 N–H and O–H groups in total. The normalized spacial score (nSPS) is 19.9. The third-order valence-electron chi connectivity index (χ3n) is 3.91. The Balaban J connectivity index is 1.89. The topological polar surface area (TPSA) is 65.1 Å². The van der Waals surface area contributed by atoms with Gasteiger partial charge in [-0.05, 0) is 31.4 Å². The second-order valence-electron chi connectivity index (χ2n) is 5.23. The Bertz CT molecular complexity index is 618. The lowest BCUT2D eigenvalue weighted by molar-refractivity contribution is -0.147. The molecule has 0 spiro atoms. The molecule has 1 amide bonds. The van der Waals surface area contributed by atoms with Crippen LogP contribution in [0.1, 0.15) is 29.6 Å². The molecule has 0 unspecified atom stereocenters. The first-order valence-electron chi connectivity index (χ1n) is 7.09. The van der Waals surface area contributed by atoms with Crippen LogP contribution in [0.2, 0.25) is 5.02 Å². The predicted molar refractivity (Wildman–Crippen MR) is 78.3 cm³/mol. The molecule has 0 saturated carbocycles. The average Bonchev–Trinajstić information content (AvgIpc) is 3.02. The molecule has 6 nitrogen and oxygen atoms in total. The average molecular weight is 326 g/mol. The van der Waals surface area contributed by atoms with Crippen LogP contribution in [-0.2, 0) is 9.53 Å². The summed E-state index contributed by atoms with van der Waals surface area (Å²) >= 11 is 6.12. The van der Waals surface area contributed by atoms with Gasteiger partial charge in [0.05, 0.1) is 12.1 Å². The Hall–Kier alpha value is -1.95. The van der Waals surface area contributed by atoms with Crippen LogP contribution in [-0.4, -0.2) is 43.3 Å². The number of amides is 1. The molecular formula is C15H16ClNO5. The van der Waals surface area contributed by atoms with E-state index in [2.05, 4.69) is 0 Å². The van der Waals surface area contributed by atoms with E-state index >= 15 is 0 Å². The molecule has 1 saturated heterocycles. The van der Waals surface area contributed by atoms with Crippen LogP contribution in [0.25, 0.3) is 0 Å². The van der Waals surface area contributed by atoms with Gasteiger partial charge in [0.1, 0.15) is 6.04 Å². The van der Waals surface area contributed by atoms with Crippen molar-refractivity contribution in [3.05, 3.63) is 22.7 Å². The van der Waals surface area contributed by atoms with Crippen LogP contribution in [0.3, 0.4) is 0 Å². The van der Waals surface area contributed by atoms with E-state index in [1.165, 1.54) is 7.11 Å². The molecule has 1 aromatic rings. The van der Waals surface area contributed by atoms with Gasteiger partial charge in [-0.2, -0.15) is 0 Å². The number of carbonyl (C=O) groups excluding carboxylic acids is 2. The smallest absolute Gasteiger partial charge is 0.328 e. The summed E-state index contributed by atoms with van der Waals surface area (Å²) in [7, 11) is 1.33. The lowest BCUT2D eigenvalue weighted by atomic mass is 10.0. The van der Waals surface area contributed by atoms with Gasteiger partial charge in [0.25, 0.3) is 5.91 Å². The molecule has 2 heterocycles. The van der Waals surface area contributed by atoms with Gasteiger partial charge < -0.3 is 19.1 Å². The van der Waals surface area contributed by atoms with Crippen LogP contribution in [0.4, 0.5) is 0 Å². The van der Waals surface area contributed by atoms with Crippen molar-refractivity contribution in [3.8, 4) is 11.5 Å². The van der Waals surface area contributed by atoms with Gasteiger partial charge in [0.2, 0.25) is 6.79 Å². The fourth-order valence-corrected chi connectivity index (χ4v) is 3.08. The van der Waals surface area contributed by atoms with Crippen molar-refractivity contribution in [2.45, 2.75) is 25.3 Å². The summed E-state index contributed by atoms with van der Waals surface area (Å²) in [6, 6.07) is 2.59. The van der Waals surface area contributed by atoms with E-state index in [4.69, 9.17) is 25.8 Å². The summed E-state index contributed by atoms with van der Waals surface area (Å²) in [5.74, 6) is 0.249. The van der Waals surface area contributed by atoms with Crippen LogP contribution in [0.15, 0.2) is 12.1 Å². The second-order valence-corrected chi connectivity index (χ2v) is 5.63. The van der Waals surface area contributed by atoms with Crippen molar-refractivity contribution in [3.63, 3.8) is 0 Å². The fourth-order valence-electron chi connectivity index (χ4n) is 2.81. The van der Waals surface area contributed by atoms with Gasteiger partial charge >= 0.3 is 5.97 Å². The van der Waals surface area contributed by atoms with Gasteiger partial charge in [-0.25, -0.2) is 4.79 Å². The SMILES string of the molecule is COC(=O)[C@H]1CCCCN1C(=O)c1cc(Cl)c2c(c1)OCO2. The highest BCUT2D eigenvalue weighted by atomic mass is 35.5.